The molecule has 1 aromatic heterocycles. The molecule has 1 atom stereocenters. The number of hydrogen-bond donors (Lipinski definition) is 1. The van der Waals surface area contributed by atoms with Crippen LogP contribution in [0.3, 0.4) is 0 Å². The molecule has 0 radical (unpaired) electrons. The molecule has 3 aromatic carbocycles. The van der Waals surface area contributed by atoms with E-state index in [0.717, 1.165) is 29.5 Å². The molecule has 1 amide bonds. The van der Waals surface area contributed by atoms with E-state index >= 15 is 0 Å². The quantitative estimate of drug-likeness (QED) is 0.107. The number of aliphatic hydroxyl groups is 1. The van der Waals surface area contributed by atoms with Gasteiger partial charge >= 0.3 is 5.91 Å². The van der Waals surface area contributed by atoms with E-state index in [1.807, 2.05) is 43.3 Å². The van der Waals surface area contributed by atoms with Crippen molar-refractivity contribution >= 4 is 55.7 Å². The van der Waals surface area contributed by atoms with Gasteiger partial charge in [-0.2, -0.15) is 0 Å². The lowest BCUT2D eigenvalue weighted by Gasteiger charge is -2.23. The monoisotopic (exact) mass is 546 g/mol. The molecule has 0 saturated carbocycles. The van der Waals surface area contributed by atoms with Crippen molar-refractivity contribution in [2.24, 2.45) is 0 Å². The fourth-order valence-electron chi connectivity index (χ4n) is 4.49. The van der Waals surface area contributed by atoms with Crippen LogP contribution in [0.25, 0.3) is 16.0 Å². The first-order chi connectivity index (χ1) is 18.4. The van der Waals surface area contributed by atoms with E-state index in [2.05, 4.69) is 11.9 Å². The third-order valence-corrected chi connectivity index (χ3v) is 7.78. The van der Waals surface area contributed by atoms with E-state index in [1.165, 1.54) is 16.2 Å². The first-order valence-electron chi connectivity index (χ1n) is 12.5. The van der Waals surface area contributed by atoms with Crippen LogP contribution < -0.4 is 9.64 Å². The molecule has 38 heavy (non-hydrogen) atoms. The smallest absolute Gasteiger partial charge is 0.301 e. The van der Waals surface area contributed by atoms with E-state index in [-0.39, 0.29) is 11.3 Å². The lowest BCUT2D eigenvalue weighted by atomic mass is 9.95. The number of rotatable bonds is 8. The summed E-state index contributed by atoms with van der Waals surface area (Å²) in [5.74, 6) is -1.02. The Kier molecular flexibility index (Phi) is 7.49. The van der Waals surface area contributed by atoms with Crippen molar-refractivity contribution in [3.8, 4) is 5.75 Å². The highest BCUT2D eigenvalue weighted by Crippen LogP contribution is 2.44. The van der Waals surface area contributed by atoms with Crippen LogP contribution >= 0.6 is 22.9 Å². The minimum Gasteiger partial charge on any atom is -0.507 e. The van der Waals surface area contributed by atoms with E-state index in [4.69, 9.17) is 16.3 Å². The van der Waals surface area contributed by atoms with Crippen LogP contribution in [-0.4, -0.2) is 28.4 Å². The lowest BCUT2D eigenvalue weighted by molar-refractivity contribution is -0.132. The Morgan fingerprint density at radius 1 is 1.05 bits per heavy atom. The minimum atomic E-state index is -0.860. The van der Waals surface area contributed by atoms with Crippen LogP contribution in [0.4, 0.5) is 5.13 Å². The molecule has 1 unspecified atom stereocenters. The highest BCUT2D eigenvalue weighted by molar-refractivity contribution is 7.22. The Bertz CT molecular complexity index is 1530. The van der Waals surface area contributed by atoms with Crippen molar-refractivity contribution in [3.63, 3.8) is 0 Å². The van der Waals surface area contributed by atoms with E-state index in [9.17, 15) is 14.7 Å². The predicted octanol–water partition coefficient (Wildman–Crippen LogP) is 7.45. The van der Waals surface area contributed by atoms with Gasteiger partial charge in [0.05, 0.1) is 28.4 Å². The van der Waals surface area contributed by atoms with Gasteiger partial charge in [-0.05, 0) is 49.2 Å². The molecule has 1 saturated heterocycles. The number of aliphatic hydroxyl groups excluding tert-OH is 1. The number of anilines is 1. The van der Waals surface area contributed by atoms with Gasteiger partial charge in [0.15, 0.2) is 5.13 Å². The number of ketones is 1. The molecule has 0 spiro atoms. The van der Waals surface area contributed by atoms with Gasteiger partial charge in [-0.1, -0.05) is 84.7 Å². The van der Waals surface area contributed by atoms with Gasteiger partial charge in [0.1, 0.15) is 11.5 Å². The third-order valence-electron chi connectivity index (χ3n) is 6.53. The van der Waals surface area contributed by atoms with Crippen molar-refractivity contribution < 1.29 is 19.4 Å². The standard InChI is InChI=1S/C30H27ClN2O4S/c1-3-4-5-16-37-22-13-10-19(11-14-22)26-25(27(34)20-8-6-18(2)7-9-20)28(35)29(36)33(26)30-32-23-15-12-21(31)17-24(23)38-30/h6-15,17,26,34H,3-5,16H2,1-2H3. The topological polar surface area (TPSA) is 79.7 Å². The fourth-order valence-corrected chi connectivity index (χ4v) is 5.76. The second kappa shape index (κ2) is 11.0. The molecule has 8 heteroatoms. The minimum absolute atomic E-state index is 0.0211. The van der Waals surface area contributed by atoms with Gasteiger partial charge < -0.3 is 9.84 Å². The molecule has 1 fully saturated rings. The number of nitrogens with zero attached hydrogens (tertiary/aromatic N) is 2. The summed E-state index contributed by atoms with van der Waals surface area (Å²) in [5.41, 5.74) is 2.83. The third kappa shape index (κ3) is 5.04. The molecular weight excluding hydrogens is 520 g/mol. The fraction of sp³-hybridized carbons (Fsp3) is 0.233. The second-order valence-electron chi connectivity index (χ2n) is 9.27. The van der Waals surface area contributed by atoms with Gasteiger partial charge in [-0.3, -0.25) is 14.5 Å². The number of Topliss-reactive ketones (excluding diaryl/α,β-unsaturated/α-hetero) is 1. The number of benzene rings is 3. The van der Waals surface area contributed by atoms with Gasteiger partial charge in [0, 0.05) is 10.6 Å². The number of fused-ring (bicyclic) bond motifs is 1. The zero-order chi connectivity index (χ0) is 26.8. The molecular formula is C30H27ClN2O4S. The van der Waals surface area contributed by atoms with Crippen LogP contribution in [0.2, 0.25) is 5.02 Å². The molecule has 2 heterocycles. The first-order valence-corrected chi connectivity index (χ1v) is 13.7. The Morgan fingerprint density at radius 2 is 1.79 bits per heavy atom. The van der Waals surface area contributed by atoms with Crippen molar-refractivity contribution in [1.82, 2.24) is 4.98 Å². The predicted molar refractivity (Wildman–Crippen MR) is 152 cm³/mol. The Morgan fingerprint density at radius 3 is 2.50 bits per heavy atom. The second-order valence-corrected chi connectivity index (χ2v) is 10.7. The molecule has 5 rings (SSSR count). The number of unbranched alkanes of at least 4 members (excludes halogenated alkanes) is 2. The molecule has 1 aliphatic heterocycles. The van der Waals surface area contributed by atoms with Crippen LogP contribution in [0.15, 0.2) is 72.3 Å². The number of halogens is 1. The number of amides is 1. The van der Waals surface area contributed by atoms with Crippen LogP contribution in [0, 0.1) is 6.92 Å². The SMILES string of the molecule is CCCCCOc1ccc(C2C(=C(O)c3ccc(C)cc3)C(=O)C(=O)N2c2nc3ccc(Cl)cc3s2)cc1. The van der Waals surface area contributed by atoms with Crippen LogP contribution in [0.5, 0.6) is 5.75 Å². The molecule has 4 aromatic rings. The molecule has 1 N–H and O–H groups in total. The number of aromatic nitrogens is 1. The zero-order valence-electron chi connectivity index (χ0n) is 21.1. The van der Waals surface area contributed by atoms with E-state index < -0.39 is 17.7 Å². The van der Waals surface area contributed by atoms with Gasteiger partial charge in [-0.15, -0.1) is 0 Å². The number of ether oxygens (including phenoxy) is 1. The van der Waals surface area contributed by atoms with Gasteiger partial charge in [0.25, 0.3) is 5.78 Å². The number of aryl methyl sites for hydroxylation is 1. The van der Waals surface area contributed by atoms with Crippen LogP contribution in [0.1, 0.15) is 48.9 Å². The van der Waals surface area contributed by atoms with E-state index in [0.29, 0.717) is 39.2 Å². The maximum absolute atomic E-state index is 13.5. The summed E-state index contributed by atoms with van der Waals surface area (Å²) in [6, 6.07) is 18.9. The Balaban J connectivity index is 1.60. The summed E-state index contributed by atoms with van der Waals surface area (Å²) in [6.07, 6.45) is 3.18. The molecule has 1 aliphatic rings. The summed E-state index contributed by atoms with van der Waals surface area (Å²) in [6.45, 7) is 4.70. The Hall–Kier alpha value is -3.68. The zero-order valence-corrected chi connectivity index (χ0v) is 22.7. The van der Waals surface area contributed by atoms with Gasteiger partial charge in [0.2, 0.25) is 0 Å². The van der Waals surface area contributed by atoms with Crippen molar-refractivity contribution in [2.75, 3.05) is 11.5 Å². The molecule has 6 nitrogen and oxygen atoms in total. The molecule has 0 bridgehead atoms. The summed E-state index contributed by atoms with van der Waals surface area (Å²) >= 11 is 7.44. The highest BCUT2D eigenvalue weighted by Gasteiger charge is 2.48. The summed E-state index contributed by atoms with van der Waals surface area (Å²) < 4.78 is 6.65. The van der Waals surface area contributed by atoms with Crippen molar-refractivity contribution in [3.05, 3.63) is 94.0 Å². The average molecular weight is 547 g/mol. The lowest BCUT2D eigenvalue weighted by Crippen LogP contribution is -2.29. The average Bonchev–Trinajstić information content (AvgIpc) is 3.44. The van der Waals surface area contributed by atoms with Crippen molar-refractivity contribution in [2.45, 2.75) is 39.2 Å². The highest BCUT2D eigenvalue weighted by atomic mass is 35.5. The summed E-state index contributed by atoms with van der Waals surface area (Å²) in [5, 5.41) is 12.2. The van der Waals surface area contributed by atoms with Gasteiger partial charge in [-0.25, -0.2) is 4.98 Å². The normalized spacial score (nSPS) is 16.9. The largest absolute Gasteiger partial charge is 0.507 e. The first kappa shape index (κ1) is 25.9. The number of carbonyl (C=O) groups is 2. The van der Waals surface area contributed by atoms with E-state index in [1.54, 1.807) is 30.3 Å². The number of carbonyl (C=O) groups excluding carboxylic acids is 2. The molecule has 0 aliphatic carbocycles. The molecule has 194 valence electrons. The summed E-state index contributed by atoms with van der Waals surface area (Å²) in [4.78, 5) is 32.9. The Labute approximate surface area is 230 Å². The number of hydrogen-bond acceptors (Lipinski definition) is 6. The maximum atomic E-state index is 13.5. The van der Waals surface area contributed by atoms with Crippen LogP contribution in [-0.2, 0) is 9.59 Å². The van der Waals surface area contributed by atoms with Crippen molar-refractivity contribution in [1.29, 1.82) is 0 Å². The maximum Gasteiger partial charge on any atom is 0.301 e. The number of thiazole rings is 1. The summed E-state index contributed by atoms with van der Waals surface area (Å²) in [7, 11) is 0.